The number of hydrogen-bond donors (Lipinski definition) is 18. The van der Waals surface area contributed by atoms with Crippen LogP contribution in [0.3, 0.4) is 0 Å². The maximum absolute atomic E-state index is 16.0. The second-order valence-electron chi connectivity index (χ2n) is 31.9. The van der Waals surface area contributed by atoms with Crippen molar-refractivity contribution in [2.45, 2.75) is 146 Å². The number of alkyl halides is 3. The molecule has 6 bridgehead atoms. The molecular weight excluding hydrogens is 2120 g/mol. The number of nitrogens with two attached hydrogens (primary N) is 6. The van der Waals surface area contributed by atoms with Crippen LogP contribution in [-0.4, -0.2) is 295 Å². The Labute approximate surface area is 813 Å². The Morgan fingerprint density at radius 2 is 0.596 bits per heavy atom. The minimum Gasteiger partial charge on any atom is -0.397 e. The largest absolute Gasteiger partial charge is 0.397 e. The first-order valence-electron chi connectivity index (χ1n) is 40.4. The highest BCUT2D eigenvalue weighted by Gasteiger charge is 2.64. The van der Waals surface area contributed by atoms with Crippen LogP contribution in [0.1, 0.15) is 37.4 Å². The number of aliphatic hydroxyl groups is 3. The lowest BCUT2D eigenvalue weighted by Crippen LogP contribution is -2.47. The number of aromatic amines is 3. The maximum Gasteiger partial charge on any atom is 0.325 e. The van der Waals surface area contributed by atoms with Crippen LogP contribution in [0.2, 0.25) is 0 Å². The molecule has 21 heterocycles. The molecule has 0 saturated carbocycles. The van der Waals surface area contributed by atoms with E-state index in [-0.39, 0.29) is 68.3 Å². The maximum atomic E-state index is 16.0. The van der Waals surface area contributed by atoms with E-state index in [1.807, 2.05) is 0 Å². The summed E-state index contributed by atoms with van der Waals surface area (Å²) in [6, 6.07) is 4.58. The van der Waals surface area contributed by atoms with Gasteiger partial charge >= 0.3 is 40.3 Å². The number of hydrogen-bond acceptors (Lipinski definition) is 48. The van der Waals surface area contributed by atoms with Gasteiger partial charge in [0.1, 0.15) is 89.8 Å². The van der Waals surface area contributed by atoms with Gasteiger partial charge in [-0.3, -0.25) is 83.9 Å². The van der Waals surface area contributed by atoms with Crippen LogP contribution in [0.15, 0.2) is 89.1 Å². The summed E-state index contributed by atoms with van der Waals surface area (Å²) in [6.07, 6.45) is -5.28. The van der Waals surface area contributed by atoms with Gasteiger partial charge in [0.15, 0.2) is 123 Å². The molecule has 30 atom stereocenters. The molecule has 9 aliphatic heterocycles. The zero-order valence-corrected chi connectivity index (χ0v) is 80.7. The molecule has 9 saturated heterocycles. The van der Waals surface area contributed by atoms with Gasteiger partial charge < -0.3 is 135 Å². The second kappa shape index (κ2) is 37.5. The van der Waals surface area contributed by atoms with Gasteiger partial charge in [-0.15, -0.1) is 19.3 Å². The fraction of sp³-hybridized carbons (Fsp3) is 0.435. The smallest absolute Gasteiger partial charge is 0.325 e. The Morgan fingerprint density at radius 3 is 0.844 bits per heavy atom. The molecule has 57 nitrogen and oxygen atoms in total. The minimum absolute atomic E-state index is 0.0979. The van der Waals surface area contributed by atoms with E-state index in [0.29, 0.717) is 33.6 Å². The van der Waals surface area contributed by atoms with Crippen molar-refractivity contribution >= 4 is 213 Å². The molecule has 9 fully saturated rings. The quantitative estimate of drug-likeness (QED) is 0.0660. The number of aromatic nitrogens is 21. The minimum atomic E-state index is -4.45. The van der Waals surface area contributed by atoms with Crippen molar-refractivity contribution in [3.63, 3.8) is 0 Å². The molecule has 6 unspecified atom stereocenters. The van der Waals surface area contributed by atoms with Crippen LogP contribution in [0.5, 0.6) is 0 Å². The fourth-order valence-electron chi connectivity index (χ4n) is 16.7. The van der Waals surface area contributed by atoms with E-state index in [1.165, 1.54) is 69.5 Å². The molecule has 12 aromatic rings. The molecule has 0 radical (unpaired) electrons. The number of H-pyrrole nitrogens is 3. The van der Waals surface area contributed by atoms with Crippen LogP contribution >= 0.6 is 40.3 Å². The summed E-state index contributed by atoms with van der Waals surface area (Å²) in [7, 11) is 0. The number of nitrogens with one attached hydrogen (secondary N) is 3. The molecule has 24 N–H and O–H groups in total. The van der Waals surface area contributed by atoms with Crippen molar-refractivity contribution in [1.29, 1.82) is 0 Å². The second-order valence-corrected chi connectivity index (χ2v) is 48.7. The van der Waals surface area contributed by atoms with Crippen molar-refractivity contribution in [1.82, 2.24) is 102 Å². The van der Waals surface area contributed by atoms with Gasteiger partial charge in [0.25, 0.3) is 16.7 Å². The van der Waals surface area contributed by atoms with E-state index in [4.69, 9.17) is 207 Å². The lowest BCUT2D eigenvalue weighted by Gasteiger charge is -2.33. The summed E-state index contributed by atoms with van der Waals surface area (Å²) in [4.78, 5) is 160. The van der Waals surface area contributed by atoms with Gasteiger partial charge in [-0.25, -0.2) is 58.0 Å². The van der Waals surface area contributed by atoms with Crippen molar-refractivity contribution in [3.05, 3.63) is 106 Å². The first-order chi connectivity index (χ1) is 66.7. The molecule has 0 amide bonds. The number of rotatable bonds is 6. The van der Waals surface area contributed by atoms with Crippen molar-refractivity contribution in [2.75, 3.05) is 74.0 Å². The summed E-state index contributed by atoms with van der Waals surface area (Å²) in [5, 5.41) is 34.4. The molecule has 21 rings (SSSR count). The number of aliphatic hydroxyl groups excluding tert-OH is 3. The normalized spacial score (nSPS) is 38.0. The van der Waals surface area contributed by atoms with Gasteiger partial charge in [-0.05, 0) is 89.0 Å². The van der Waals surface area contributed by atoms with Gasteiger partial charge in [0.05, 0.1) is 94.7 Å². The number of nitrogens with zero attached hydrogens (tertiary/aromatic N) is 18. The SMILES string of the molecule is C#C[C@@]12COP(O)(=S)O[C@@H]3[C@@H](F)[C@@H](COP(O)(=S)O[C@H]1[C@@H](O)[C@H](n1cnc4c(N)ccnc41)O2)O[C@H]3n1cnc2c(=O)[nH]c(N)nc21.C#C[C@@]12COP(O)(=S)O[C@@H]3[C@@H](F)[C@@H](COP(O)(=S)O[C@H]1[C@@H](O)[C@H](n1cnc4c(N)ccnc41)O2)O[C@H]3n1cnc2c(=O)[nH]c(N)nc21.C#C[C@@]12COP(O)(=S)O[C@@H]3[C@H](F)[C@@H](COP(O)(=S)O[C@H]1[C@@H](O)[C@H](n1cnc4c(N)ccnc41)O2)O[C@H]3n1cnc2c(=O)[nH]c(N)nc21. The van der Waals surface area contributed by atoms with E-state index >= 15 is 13.2 Å². The number of pyridine rings is 3. The van der Waals surface area contributed by atoms with Gasteiger partial charge in [0, 0.05) is 18.6 Å². The monoisotopic (exact) mass is 2190 g/mol. The van der Waals surface area contributed by atoms with Crippen molar-refractivity contribution < 1.29 is 141 Å². The van der Waals surface area contributed by atoms with E-state index < -0.39 is 243 Å². The highest BCUT2D eigenvalue weighted by atomic mass is 32.5. The summed E-state index contributed by atoms with van der Waals surface area (Å²) < 4.78 is 159. The molecule has 0 spiro atoms. The molecule has 12 aromatic heterocycles. The predicted molar refractivity (Wildman–Crippen MR) is 497 cm³/mol. The highest BCUT2D eigenvalue weighted by molar-refractivity contribution is 8.08. The van der Waals surface area contributed by atoms with Crippen LogP contribution < -0.4 is 51.1 Å². The number of imidazole rings is 6. The Balaban J connectivity index is 0.000000134. The number of anilines is 6. The molecule has 141 heavy (non-hydrogen) atoms. The number of fused-ring (bicyclic) bond motifs is 15. The summed E-state index contributed by atoms with van der Waals surface area (Å²) in [6.45, 7) is -31.1. The first kappa shape index (κ1) is 101. The molecule has 72 heteroatoms. The third kappa shape index (κ3) is 18.6. The number of ether oxygens (including phenoxy) is 6. The topological polar surface area (TPSA) is 787 Å². The van der Waals surface area contributed by atoms with Crippen molar-refractivity contribution in [2.24, 2.45) is 0 Å². The zero-order chi connectivity index (χ0) is 100. The standard InChI is InChI=1S/3C23H24FN9O10P2S2/c3*1-2-23-6-39-45(37,47)42-15-11(24)10(40-21(15)33-8-29-13-18(33)30-22(26)31-19(13)35)5-38-44(36,46)43-16(23)14(34)20(41-23)32-7-28-12-9(25)3-4-27-17(12)32/h3*1,3-4,7-8,10-11,14-16,20-21,34H,5-6H2,(H2,25,27)(H,36,46)(H,37,47)(H3,26,30,31,35)/t2*10-,11+,14-,15-,16+,20-,21-,23-,44?,45?;10-,11-,14-,15-,16+,20-,21-,23-,44?,45?/m111/s1. The van der Waals surface area contributed by atoms with Crippen LogP contribution in [-0.2, 0) is 154 Å². The van der Waals surface area contributed by atoms with Crippen molar-refractivity contribution in [3.8, 4) is 37.0 Å². The number of terminal acetylenes is 3. The molecule has 0 aromatic carbocycles. The van der Waals surface area contributed by atoms with Gasteiger partial charge in [-0.1, -0.05) is 17.8 Å². The summed E-state index contributed by atoms with van der Waals surface area (Å²) >= 11 is 31.3. The zero-order valence-electron chi connectivity index (χ0n) is 70.4. The molecule has 750 valence electrons. The number of halogens is 3. The van der Waals surface area contributed by atoms with Crippen LogP contribution in [0.4, 0.5) is 48.1 Å². The number of nitrogen functional groups attached to an aromatic ring is 6. The molecule has 0 aliphatic carbocycles. The fourth-order valence-corrected chi connectivity index (χ4v) is 25.2. The van der Waals surface area contributed by atoms with Crippen LogP contribution in [0, 0.1) is 37.0 Å². The Kier molecular flexibility index (Phi) is 26.8. The Bertz CT molecular complexity index is 6980. The van der Waals surface area contributed by atoms with E-state index in [9.17, 15) is 59.1 Å². The molecular formula is C69H72F3N27O30P6S6. The Morgan fingerprint density at radius 1 is 0.362 bits per heavy atom. The lowest BCUT2D eigenvalue weighted by molar-refractivity contribution is -0.0912. The van der Waals surface area contributed by atoms with Crippen LogP contribution in [0.25, 0.3) is 67.0 Å². The summed E-state index contributed by atoms with van der Waals surface area (Å²) in [5.74, 6) is 6.24. The highest BCUT2D eigenvalue weighted by Crippen LogP contribution is 2.62. The van der Waals surface area contributed by atoms with Gasteiger partial charge in [0.2, 0.25) is 17.8 Å². The van der Waals surface area contributed by atoms with E-state index in [2.05, 4.69) is 92.5 Å². The van der Waals surface area contributed by atoms with E-state index in [1.54, 1.807) is 0 Å². The predicted octanol–water partition coefficient (Wildman–Crippen LogP) is -1.57. The van der Waals surface area contributed by atoms with E-state index in [0.717, 1.165) is 32.7 Å². The lowest BCUT2D eigenvalue weighted by atomic mass is 9.97. The van der Waals surface area contributed by atoms with Gasteiger partial charge in [-0.2, -0.15) is 15.0 Å². The molecule has 9 aliphatic rings. The third-order valence-corrected chi connectivity index (χ3v) is 32.5. The Hall–Kier alpha value is -9.00. The third-order valence-electron chi connectivity index (χ3n) is 23.2. The summed E-state index contributed by atoms with van der Waals surface area (Å²) in [5.41, 5.74) is 28.4. The first-order valence-corrected chi connectivity index (χ1v) is 55.9. The average molecular weight is 2190 g/mol. The average Bonchev–Trinajstić information content (AvgIpc) is 1.58.